The Labute approximate surface area is 128 Å². The Balaban J connectivity index is 1.97. The minimum absolute atomic E-state index is 0.0763. The molecule has 0 aliphatic carbocycles. The van der Waals surface area contributed by atoms with E-state index >= 15 is 0 Å². The molecule has 0 radical (unpaired) electrons. The van der Waals surface area contributed by atoms with Crippen molar-refractivity contribution in [2.24, 2.45) is 0 Å². The van der Waals surface area contributed by atoms with Crippen LogP contribution in [0.2, 0.25) is 0 Å². The Bertz CT molecular complexity index is 634. The van der Waals surface area contributed by atoms with Gasteiger partial charge in [-0.15, -0.1) is 0 Å². The number of rotatable bonds is 7. The Morgan fingerprint density at radius 1 is 1.14 bits per heavy atom. The minimum Gasteiger partial charge on any atom is -0.355 e. The third kappa shape index (κ3) is 4.67. The van der Waals surface area contributed by atoms with Crippen LogP contribution in [0.4, 0.5) is 0 Å². The first-order valence-corrected chi connectivity index (χ1v) is 8.78. The maximum absolute atomic E-state index is 12.1. The van der Waals surface area contributed by atoms with Gasteiger partial charge in [0.2, 0.25) is 5.91 Å². The molecule has 0 aliphatic heterocycles. The molecule has 2 aromatic rings. The van der Waals surface area contributed by atoms with Gasteiger partial charge in [0.15, 0.2) is 0 Å². The molecule has 0 aromatic heterocycles. The van der Waals surface area contributed by atoms with E-state index in [0.717, 1.165) is 29.2 Å². The summed E-state index contributed by atoms with van der Waals surface area (Å²) in [6, 6.07) is 14.0. The van der Waals surface area contributed by atoms with Crippen molar-refractivity contribution in [2.45, 2.75) is 25.5 Å². The Hall–Kier alpha value is -1.68. The predicted molar refractivity (Wildman–Crippen MR) is 88.6 cm³/mol. The van der Waals surface area contributed by atoms with Crippen molar-refractivity contribution >= 4 is 27.5 Å². The summed E-state index contributed by atoms with van der Waals surface area (Å²) < 4.78 is 12.1. The van der Waals surface area contributed by atoms with Gasteiger partial charge < -0.3 is 5.32 Å². The van der Waals surface area contributed by atoms with E-state index in [9.17, 15) is 9.00 Å². The molecule has 0 heterocycles. The Kier molecular flexibility index (Phi) is 5.93. The molecule has 0 saturated heterocycles. The van der Waals surface area contributed by atoms with Crippen LogP contribution in [-0.4, -0.2) is 22.4 Å². The quantitative estimate of drug-likeness (QED) is 0.799. The summed E-state index contributed by atoms with van der Waals surface area (Å²) in [7, 11) is -1.17. The monoisotopic (exact) mass is 303 g/mol. The van der Waals surface area contributed by atoms with E-state index in [1.807, 2.05) is 42.5 Å². The van der Waals surface area contributed by atoms with E-state index in [1.165, 1.54) is 0 Å². The highest BCUT2D eigenvalue weighted by atomic mass is 32.2. The van der Waals surface area contributed by atoms with E-state index in [0.29, 0.717) is 12.3 Å². The van der Waals surface area contributed by atoms with Crippen LogP contribution in [0.3, 0.4) is 0 Å². The van der Waals surface area contributed by atoms with Crippen molar-refractivity contribution in [1.29, 1.82) is 0 Å². The smallest absolute Gasteiger partial charge is 0.232 e. The maximum atomic E-state index is 12.1. The minimum atomic E-state index is -1.17. The number of benzene rings is 2. The van der Waals surface area contributed by atoms with Crippen molar-refractivity contribution < 1.29 is 9.00 Å². The van der Waals surface area contributed by atoms with Gasteiger partial charge in [0.1, 0.15) is 5.75 Å². The zero-order valence-electron chi connectivity index (χ0n) is 12.3. The standard InChI is InChI=1S/C17H21NO2S/c1-2-3-11-18-17(19)13-21(20)12-15-9-6-8-14-7-4-5-10-16(14)15/h4-10H,2-3,11-13H2,1H3,(H,18,19)/t21-/m0/s1. The van der Waals surface area contributed by atoms with Gasteiger partial charge in [-0.25, -0.2) is 0 Å². The third-order valence-electron chi connectivity index (χ3n) is 3.34. The fraction of sp³-hybridized carbons (Fsp3) is 0.353. The van der Waals surface area contributed by atoms with Gasteiger partial charge in [-0.3, -0.25) is 9.00 Å². The number of fused-ring (bicyclic) bond motifs is 1. The molecule has 0 fully saturated rings. The van der Waals surface area contributed by atoms with Crippen LogP contribution >= 0.6 is 0 Å². The zero-order chi connectivity index (χ0) is 15.1. The normalized spacial score (nSPS) is 12.2. The predicted octanol–water partition coefficient (Wildman–Crippen LogP) is 3.00. The summed E-state index contributed by atoms with van der Waals surface area (Å²) in [5.74, 6) is 0.372. The third-order valence-corrected chi connectivity index (χ3v) is 4.56. The molecule has 21 heavy (non-hydrogen) atoms. The lowest BCUT2D eigenvalue weighted by Gasteiger charge is -2.07. The second kappa shape index (κ2) is 7.93. The first-order valence-electron chi connectivity index (χ1n) is 7.29. The average molecular weight is 303 g/mol. The fourth-order valence-corrected chi connectivity index (χ4v) is 3.34. The van der Waals surface area contributed by atoms with Gasteiger partial charge in [-0.05, 0) is 22.8 Å². The molecular formula is C17H21NO2S. The van der Waals surface area contributed by atoms with Crippen LogP contribution in [0.15, 0.2) is 42.5 Å². The average Bonchev–Trinajstić information content (AvgIpc) is 2.48. The zero-order valence-corrected chi connectivity index (χ0v) is 13.1. The van der Waals surface area contributed by atoms with Crippen LogP contribution in [0, 0.1) is 0 Å². The number of carbonyl (C=O) groups is 1. The van der Waals surface area contributed by atoms with Crippen molar-refractivity contribution in [3.8, 4) is 0 Å². The lowest BCUT2D eigenvalue weighted by molar-refractivity contribution is -0.118. The van der Waals surface area contributed by atoms with Gasteiger partial charge in [0, 0.05) is 23.1 Å². The van der Waals surface area contributed by atoms with Crippen LogP contribution in [0.5, 0.6) is 0 Å². The number of amides is 1. The largest absolute Gasteiger partial charge is 0.355 e. The van der Waals surface area contributed by atoms with E-state index in [-0.39, 0.29) is 11.7 Å². The number of carbonyl (C=O) groups excluding carboxylic acids is 1. The van der Waals surface area contributed by atoms with Crippen molar-refractivity contribution in [3.05, 3.63) is 48.0 Å². The molecule has 0 saturated carbocycles. The molecule has 0 bridgehead atoms. The topological polar surface area (TPSA) is 46.2 Å². The summed E-state index contributed by atoms with van der Waals surface area (Å²) in [6.07, 6.45) is 2.00. The molecule has 0 unspecified atom stereocenters. The molecule has 1 N–H and O–H groups in total. The second-order valence-electron chi connectivity index (χ2n) is 5.07. The van der Waals surface area contributed by atoms with E-state index in [1.54, 1.807) is 0 Å². The van der Waals surface area contributed by atoms with Crippen molar-refractivity contribution in [2.75, 3.05) is 12.3 Å². The lowest BCUT2D eigenvalue weighted by atomic mass is 10.1. The van der Waals surface area contributed by atoms with E-state index < -0.39 is 10.8 Å². The molecule has 1 amide bonds. The van der Waals surface area contributed by atoms with Crippen molar-refractivity contribution in [3.63, 3.8) is 0 Å². The van der Waals surface area contributed by atoms with Gasteiger partial charge in [0.25, 0.3) is 0 Å². The number of nitrogens with one attached hydrogen (secondary N) is 1. The Morgan fingerprint density at radius 3 is 2.71 bits per heavy atom. The summed E-state index contributed by atoms with van der Waals surface area (Å²) >= 11 is 0. The SMILES string of the molecule is CCCCNC(=O)C[S@@](=O)Cc1cccc2ccccc12. The molecular weight excluding hydrogens is 282 g/mol. The van der Waals surface area contributed by atoms with Crippen molar-refractivity contribution in [1.82, 2.24) is 5.32 Å². The molecule has 2 aromatic carbocycles. The van der Waals surface area contributed by atoms with E-state index in [2.05, 4.69) is 12.2 Å². The molecule has 0 spiro atoms. The number of hydrogen-bond donors (Lipinski definition) is 1. The van der Waals surface area contributed by atoms with Gasteiger partial charge in [-0.2, -0.15) is 0 Å². The first kappa shape index (κ1) is 15.7. The number of hydrogen-bond acceptors (Lipinski definition) is 2. The summed E-state index contributed by atoms with van der Waals surface area (Å²) in [5, 5.41) is 5.05. The fourth-order valence-electron chi connectivity index (χ4n) is 2.24. The van der Waals surface area contributed by atoms with Crippen LogP contribution < -0.4 is 5.32 Å². The second-order valence-corrected chi connectivity index (χ2v) is 6.53. The summed E-state index contributed by atoms with van der Waals surface area (Å²) in [6.45, 7) is 2.74. The Morgan fingerprint density at radius 2 is 1.90 bits per heavy atom. The van der Waals surface area contributed by atoms with Crippen LogP contribution in [0.1, 0.15) is 25.3 Å². The summed E-state index contributed by atoms with van der Waals surface area (Å²) in [5.41, 5.74) is 1.03. The molecule has 1 atom stereocenters. The molecule has 4 heteroatoms. The first-order chi connectivity index (χ1) is 10.2. The van der Waals surface area contributed by atoms with E-state index in [4.69, 9.17) is 0 Å². The maximum Gasteiger partial charge on any atom is 0.232 e. The highest BCUT2D eigenvalue weighted by Gasteiger charge is 2.10. The molecule has 0 aliphatic rings. The number of unbranched alkanes of at least 4 members (excludes halogenated alkanes) is 1. The lowest BCUT2D eigenvalue weighted by Crippen LogP contribution is -2.29. The summed E-state index contributed by atoms with van der Waals surface area (Å²) in [4.78, 5) is 11.7. The van der Waals surface area contributed by atoms with Gasteiger partial charge in [-0.1, -0.05) is 55.8 Å². The van der Waals surface area contributed by atoms with Crippen LogP contribution in [0.25, 0.3) is 10.8 Å². The molecule has 3 nitrogen and oxygen atoms in total. The highest BCUT2D eigenvalue weighted by Crippen LogP contribution is 2.19. The molecule has 112 valence electrons. The highest BCUT2D eigenvalue weighted by molar-refractivity contribution is 7.84. The van der Waals surface area contributed by atoms with Gasteiger partial charge >= 0.3 is 0 Å². The molecule has 2 rings (SSSR count). The van der Waals surface area contributed by atoms with Crippen LogP contribution in [-0.2, 0) is 21.3 Å². The van der Waals surface area contributed by atoms with Gasteiger partial charge in [0.05, 0.1) is 0 Å².